The summed E-state index contributed by atoms with van der Waals surface area (Å²) >= 11 is 0. The van der Waals surface area contributed by atoms with E-state index < -0.39 is 12.8 Å². The van der Waals surface area contributed by atoms with Gasteiger partial charge in [-0.1, -0.05) is 12.1 Å². The molecule has 0 saturated carbocycles. The Morgan fingerprint density at radius 3 is 2.55 bits per heavy atom. The lowest BCUT2D eigenvalue weighted by Gasteiger charge is -2.35. The summed E-state index contributed by atoms with van der Waals surface area (Å²) in [5, 5.41) is 3.31. The first kappa shape index (κ1) is 16.9. The van der Waals surface area contributed by atoms with Crippen molar-refractivity contribution in [3.8, 4) is 5.75 Å². The van der Waals surface area contributed by atoms with Crippen LogP contribution in [0.25, 0.3) is 5.73 Å². The molecule has 2 rings (SSSR count). The van der Waals surface area contributed by atoms with E-state index in [-0.39, 0.29) is 5.75 Å². The van der Waals surface area contributed by atoms with Crippen molar-refractivity contribution in [2.75, 3.05) is 37.7 Å². The first-order valence-corrected chi connectivity index (χ1v) is 7.41. The van der Waals surface area contributed by atoms with Gasteiger partial charge in [0.05, 0.1) is 5.69 Å². The number of alkyl halides is 3. The van der Waals surface area contributed by atoms with Crippen molar-refractivity contribution in [1.82, 2.24) is 5.32 Å². The van der Waals surface area contributed by atoms with Gasteiger partial charge in [-0.05, 0) is 31.5 Å². The number of piperidine rings is 1. The van der Waals surface area contributed by atoms with Gasteiger partial charge in [-0.25, -0.2) is 0 Å². The van der Waals surface area contributed by atoms with Crippen LogP contribution in [-0.4, -0.2) is 45.0 Å². The molecule has 0 amide bonds. The smallest absolute Gasteiger partial charge is 0.422 e. The van der Waals surface area contributed by atoms with Crippen LogP contribution >= 0.6 is 0 Å². The van der Waals surface area contributed by atoms with Gasteiger partial charge in [0, 0.05) is 19.1 Å². The lowest BCUT2D eigenvalue weighted by molar-refractivity contribution is -0.153. The monoisotopic (exact) mass is 316 g/mol. The molecule has 1 aliphatic heterocycles. The first-order valence-electron chi connectivity index (χ1n) is 7.41. The fourth-order valence-electron chi connectivity index (χ4n) is 2.60. The largest absolute Gasteiger partial charge is 0.676 e. The van der Waals surface area contributed by atoms with E-state index in [1.165, 1.54) is 0 Å². The maximum Gasteiger partial charge on any atom is 0.422 e. The number of nitrogens with one attached hydrogen (secondary N) is 2. The lowest BCUT2D eigenvalue weighted by atomic mass is 10.0. The van der Waals surface area contributed by atoms with E-state index in [2.05, 4.69) is 10.2 Å². The van der Waals surface area contributed by atoms with Gasteiger partial charge in [0.1, 0.15) is 5.75 Å². The fraction of sp³-hybridized carbons (Fsp3) is 0.600. The average molecular weight is 316 g/mol. The van der Waals surface area contributed by atoms with Crippen molar-refractivity contribution in [1.29, 1.82) is 0 Å². The van der Waals surface area contributed by atoms with Gasteiger partial charge in [-0.3, -0.25) is 0 Å². The summed E-state index contributed by atoms with van der Waals surface area (Å²) in [6, 6.07) is 7.23. The summed E-state index contributed by atoms with van der Waals surface area (Å²) in [6.07, 6.45) is -2.51. The van der Waals surface area contributed by atoms with Gasteiger partial charge >= 0.3 is 6.18 Å². The van der Waals surface area contributed by atoms with E-state index in [1.807, 2.05) is 0 Å². The van der Waals surface area contributed by atoms with Gasteiger partial charge in [0.2, 0.25) is 0 Å². The van der Waals surface area contributed by atoms with Crippen molar-refractivity contribution in [2.45, 2.75) is 25.1 Å². The number of para-hydroxylation sites is 2. The third-order valence-corrected chi connectivity index (χ3v) is 3.65. The van der Waals surface area contributed by atoms with Crippen molar-refractivity contribution in [3.05, 3.63) is 30.0 Å². The molecule has 0 aromatic heterocycles. The Kier molecular flexibility index (Phi) is 5.90. The molecule has 2 N–H and O–H groups in total. The van der Waals surface area contributed by atoms with Crippen molar-refractivity contribution < 1.29 is 17.9 Å². The maximum atomic E-state index is 12.3. The van der Waals surface area contributed by atoms with Gasteiger partial charge in [0.15, 0.2) is 6.61 Å². The highest BCUT2D eigenvalue weighted by atomic mass is 19.4. The third-order valence-electron chi connectivity index (χ3n) is 3.65. The molecule has 1 aromatic rings. The minimum absolute atomic E-state index is 0.275. The average Bonchev–Trinajstić information content (AvgIpc) is 2.51. The molecule has 4 nitrogen and oxygen atoms in total. The zero-order valence-corrected chi connectivity index (χ0v) is 12.3. The Morgan fingerprint density at radius 2 is 1.91 bits per heavy atom. The van der Waals surface area contributed by atoms with Crippen molar-refractivity contribution in [2.24, 2.45) is 0 Å². The van der Waals surface area contributed by atoms with Crippen LogP contribution in [0.1, 0.15) is 12.8 Å². The molecule has 0 aliphatic carbocycles. The van der Waals surface area contributed by atoms with Crippen LogP contribution in [-0.2, 0) is 0 Å². The number of hydrogen-bond donors (Lipinski definition) is 1. The summed E-state index contributed by atoms with van der Waals surface area (Å²) in [6.45, 7) is 1.29. The van der Waals surface area contributed by atoms with E-state index >= 15 is 0 Å². The molecule has 7 heteroatoms. The number of halogens is 3. The second kappa shape index (κ2) is 7.69. The molecule has 1 aliphatic rings. The molecular weight excluding hydrogens is 295 g/mol. The first-order chi connectivity index (χ1) is 10.5. The molecular formula is C15H21F3N3O-. The summed E-state index contributed by atoms with van der Waals surface area (Å²) < 4.78 is 41.9. The zero-order chi connectivity index (χ0) is 16.0. The molecule has 0 unspecified atom stereocenters. The number of rotatable bonds is 6. The molecule has 0 radical (unpaired) electrons. The molecule has 0 atom stereocenters. The zero-order valence-electron chi connectivity index (χ0n) is 12.3. The summed E-state index contributed by atoms with van der Waals surface area (Å²) in [4.78, 5) is 2.06. The molecule has 0 bridgehead atoms. The number of anilines is 1. The van der Waals surface area contributed by atoms with E-state index in [0.717, 1.165) is 25.9 Å². The molecule has 1 saturated heterocycles. The highest BCUT2D eigenvalue weighted by molar-refractivity contribution is 5.58. The van der Waals surface area contributed by atoms with Crippen LogP contribution in [0.3, 0.4) is 0 Å². The van der Waals surface area contributed by atoms with E-state index in [0.29, 0.717) is 24.8 Å². The predicted octanol–water partition coefficient (Wildman–Crippen LogP) is 3.24. The Hall–Kier alpha value is -1.47. The molecule has 1 heterocycles. The van der Waals surface area contributed by atoms with Crippen LogP contribution in [0.5, 0.6) is 5.75 Å². The highest BCUT2D eigenvalue weighted by Crippen LogP contribution is 2.31. The minimum atomic E-state index is -4.33. The minimum Gasteiger partial charge on any atom is -0.676 e. The lowest BCUT2D eigenvalue weighted by Crippen LogP contribution is -2.43. The Morgan fingerprint density at radius 1 is 1.23 bits per heavy atom. The number of nitrogens with zero attached hydrogens (tertiary/aromatic N) is 1. The van der Waals surface area contributed by atoms with E-state index in [4.69, 9.17) is 10.5 Å². The molecule has 1 fully saturated rings. The SMILES string of the molecule is [NH-]CCNC1CCN(c2ccccc2OCC(F)(F)F)CC1. The van der Waals surface area contributed by atoms with E-state index in [9.17, 15) is 13.2 Å². The van der Waals surface area contributed by atoms with Crippen LogP contribution in [0.15, 0.2) is 24.3 Å². The molecule has 124 valence electrons. The Bertz CT molecular complexity index is 460. The van der Waals surface area contributed by atoms with Crippen molar-refractivity contribution in [3.63, 3.8) is 0 Å². The Balaban J connectivity index is 1.95. The highest BCUT2D eigenvalue weighted by Gasteiger charge is 2.29. The van der Waals surface area contributed by atoms with Crippen LogP contribution in [0, 0.1) is 0 Å². The van der Waals surface area contributed by atoms with Gasteiger partial charge in [-0.15, -0.1) is 6.54 Å². The summed E-state index contributed by atoms with van der Waals surface area (Å²) in [5.74, 6) is 0.275. The summed E-state index contributed by atoms with van der Waals surface area (Å²) in [5.41, 5.74) is 7.85. The van der Waals surface area contributed by atoms with Crippen molar-refractivity contribution >= 4 is 5.69 Å². The Labute approximate surface area is 128 Å². The normalized spacial score (nSPS) is 16.8. The van der Waals surface area contributed by atoms with Gasteiger partial charge in [0.25, 0.3) is 0 Å². The third kappa shape index (κ3) is 5.06. The van der Waals surface area contributed by atoms with E-state index in [1.54, 1.807) is 24.3 Å². The number of hydrogen-bond acceptors (Lipinski definition) is 3. The van der Waals surface area contributed by atoms with Crippen LogP contribution < -0.4 is 15.0 Å². The van der Waals surface area contributed by atoms with Gasteiger partial charge in [-0.2, -0.15) is 13.2 Å². The second-order valence-corrected chi connectivity index (χ2v) is 5.34. The number of ether oxygens (including phenoxy) is 1. The predicted molar refractivity (Wildman–Crippen MR) is 80.4 cm³/mol. The second-order valence-electron chi connectivity index (χ2n) is 5.34. The molecule has 1 aromatic carbocycles. The topological polar surface area (TPSA) is 48.3 Å². The quantitative estimate of drug-likeness (QED) is 0.876. The number of benzene rings is 1. The standard InChI is InChI=1S/C15H21F3N3O/c16-15(17,18)11-22-14-4-2-1-3-13(14)21-9-5-12(6-10-21)20-8-7-19/h1-4,12,19-20H,5-11H2/q-1. The fourth-order valence-corrected chi connectivity index (χ4v) is 2.60. The van der Waals surface area contributed by atoms with Crippen LogP contribution in [0.2, 0.25) is 0 Å². The van der Waals surface area contributed by atoms with Gasteiger partial charge < -0.3 is 20.7 Å². The van der Waals surface area contributed by atoms with Crippen LogP contribution in [0.4, 0.5) is 18.9 Å². The summed E-state index contributed by atoms with van der Waals surface area (Å²) in [7, 11) is 0. The molecule has 0 spiro atoms. The maximum absolute atomic E-state index is 12.3. The molecule has 22 heavy (non-hydrogen) atoms.